The maximum absolute atomic E-state index is 12.6. The molecular weight excluding hydrogens is 302 g/mol. The first kappa shape index (κ1) is 16.4. The average molecular weight is 325 g/mol. The minimum atomic E-state index is -0.237. The van der Waals surface area contributed by atoms with Gasteiger partial charge in [0.2, 0.25) is 0 Å². The molecule has 3 rings (SSSR count). The van der Waals surface area contributed by atoms with Crippen molar-refractivity contribution in [2.45, 2.75) is 31.9 Å². The number of amides is 1. The summed E-state index contributed by atoms with van der Waals surface area (Å²) in [6, 6.07) is 17.8. The van der Waals surface area contributed by atoms with Gasteiger partial charge in [-0.15, -0.1) is 0 Å². The third-order valence-corrected chi connectivity index (χ3v) is 4.44. The first-order chi connectivity index (χ1) is 11.8. The van der Waals surface area contributed by atoms with E-state index in [0.29, 0.717) is 6.61 Å². The number of rotatable bonds is 4. The van der Waals surface area contributed by atoms with Crippen molar-refractivity contribution in [1.29, 1.82) is 0 Å². The molecule has 0 aliphatic carbocycles. The van der Waals surface area contributed by atoms with Crippen LogP contribution in [0.5, 0.6) is 5.75 Å². The lowest BCUT2D eigenvalue weighted by Crippen LogP contribution is -2.38. The predicted octanol–water partition coefficient (Wildman–Crippen LogP) is 4.56. The van der Waals surface area contributed by atoms with Crippen LogP contribution in [0.2, 0.25) is 0 Å². The fourth-order valence-electron chi connectivity index (χ4n) is 3.12. The summed E-state index contributed by atoms with van der Waals surface area (Å²) in [7, 11) is 1.66. The Kier molecular flexibility index (Phi) is 5.36. The van der Waals surface area contributed by atoms with E-state index in [2.05, 4.69) is 0 Å². The molecule has 1 aliphatic heterocycles. The van der Waals surface area contributed by atoms with Crippen molar-refractivity contribution in [1.82, 2.24) is 4.90 Å². The number of carbonyl (C=O) groups excluding carboxylic acids is 1. The number of carbonyl (C=O) groups is 1. The SMILES string of the molecule is COc1ccc([C@H]2CCCCN2C(=O)OCc2ccccc2)cc1. The van der Waals surface area contributed by atoms with Crippen molar-refractivity contribution in [3.8, 4) is 5.75 Å². The zero-order chi connectivity index (χ0) is 16.8. The zero-order valence-electron chi connectivity index (χ0n) is 14.0. The van der Waals surface area contributed by atoms with Gasteiger partial charge >= 0.3 is 6.09 Å². The maximum atomic E-state index is 12.6. The van der Waals surface area contributed by atoms with Crippen molar-refractivity contribution in [2.24, 2.45) is 0 Å². The second-order valence-electron chi connectivity index (χ2n) is 6.02. The van der Waals surface area contributed by atoms with Crippen LogP contribution < -0.4 is 4.74 Å². The topological polar surface area (TPSA) is 38.8 Å². The van der Waals surface area contributed by atoms with Crippen LogP contribution in [0.15, 0.2) is 54.6 Å². The van der Waals surface area contributed by atoms with Crippen molar-refractivity contribution in [3.05, 3.63) is 65.7 Å². The Morgan fingerprint density at radius 1 is 1.08 bits per heavy atom. The molecule has 1 aliphatic rings. The Hall–Kier alpha value is -2.49. The molecule has 1 fully saturated rings. The van der Waals surface area contributed by atoms with E-state index in [4.69, 9.17) is 9.47 Å². The molecule has 0 N–H and O–H groups in total. The summed E-state index contributed by atoms with van der Waals surface area (Å²) >= 11 is 0. The number of benzene rings is 2. The summed E-state index contributed by atoms with van der Waals surface area (Å²) in [6.45, 7) is 1.05. The largest absolute Gasteiger partial charge is 0.497 e. The molecule has 4 nitrogen and oxygen atoms in total. The second kappa shape index (κ2) is 7.86. The lowest BCUT2D eigenvalue weighted by atomic mass is 9.95. The lowest BCUT2D eigenvalue weighted by molar-refractivity contribution is 0.0679. The molecule has 0 radical (unpaired) electrons. The number of likely N-dealkylation sites (tertiary alicyclic amines) is 1. The minimum Gasteiger partial charge on any atom is -0.497 e. The van der Waals surface area contributed by atoms with Crippen molar-refractivity contribution in [3.63, 3.8) is 0 Å². The number of hydrogen-bond acceptors (Lipinski definition) is 3. The van der Waals surface area contributed by atoms with Crippen LogP contribution in [0, 0.1) is 0 Å². The summed E-state index contributed by atoms with van der Waals surface area (Å²) in [5, 5.41) is 0. The number of piperidine rings is 1. The van der Waals surface area contributed by atoms with Crippen molar-refractivity contribution in [2.75, 3.05) is 13.7 Å². The van der Waals surface area contributed by atoms with E-state index >= 15 is 0 Å². The third-order valence-electron chi connectivity index (χ3n) is 4.44. The Balaban J connectivity index is 1.67. The molecule has 0 bridgehead atoms. The van der Waals surface area contributed by atoms with Gasteiger partial charge in [-0.2, -0.15) is 0 Å². The van der Waals surface area contributed by atoms with Gasteiger partial charge in [-0.25, -0.2) is 4.79 Å². The van der Waals surface area contributed by atoms with Gasteiger partial charge < -0.3 is 14.4 Å². The zero-order valence-corrected chi connectivity index (χ0v) is 14.0. The number of ether oxygens (including phenoxy) is 2. The molecule has 126 valence electrons. The summed E-state index contributed by atoms with van der Waals surface area (Å²) < 4.78 is 10.7. The summed E-state index contributed by atoms with van der Waals surface area (Å²) in [4.78, 5) is 14.4. The minimum absolute atomic E-state index is 0.0768. The van der Waals surface area contributed by atoms with Gasteiger partial charge in [-0.3, -0.25) is 0 Å². The van der Waals surface area contributed by atoms with Crippen molar-refractivity contribution < 1.29 is 14.3 Å². The van der Waals surface area contributed by atoms with Gasteiger partial charge in [0.15, 0.2) is 0 Å². The molecule has 2 aromatic rings. The van der Waals surface area contributed by atoms with E-state index in [1.54, 1.807) is 7.11 Å². The van der Waals surface area contributed by atoms with Gasteiger partial charge in [0.25, 0.3) is 0 Å². The Labute approximate surface area is 143 Å². The lowest BCUT2D eigenvalue weighted by Gasteiger charge is -2.35. The molecule has 0 unspecified atom stereocenters. The molecule has 24 heavy (non-hydrogen) atoms. The van der Waals surface area contributed by atoms with E-state index < -0.39 is 0 Å². The smallest absolute Gasteiger partial charge is 0.410 e. The average Bonchev–Trinajstić information content (AvgIpc) is 2.67. The van der Waals surface area contributed by atoms with Crippen molar-refractivity contribution >= 4 is 6.09 Å². The summed E-state index contributed by atoms with van der Waals surface area (Å²) in [5.74, 6) is 0.827. The van der Waals surface area contributed by atoms with Gasteiger partial charge in [-0.1, -0.05) is 42.5 Å². The van der Waals surface area contributed by atoms with Gasteiger partial charge in [0.1, 0.15) is 12.4 Å². The van der Waals surface area contributed by atoms with Crippen LogP contribution in [0.25, 0.3) is 0 Å². The molecule has 1 heterocycles. The number of nitrogens with zero attached hydrogens (tertiary/aromatic N) is 1. The van der Waals surface area contributed by atoms with Crippen LogP contribution in [0.3, 0.4) is 0 Å². The fourth-order valence-corrected chi connectivity index (χ4v) is 3.12. The molecule has 1 atom stereocenters. The molecule has 1 amide bonds. The first-order valence-electron chi connectivity index (χ1n) is 8.39. The Morgan fingerprint density at radius 2 is 1.83 bits per heavy atom. The summed E-state index contributed by atoms with van der Waals surface area (Å²) in [5.41, 5.74) is 2.14. The predicted molar refractivity (Wildman–Crippen MR) is 92.9 cm³/mol. The van der Waals surface area contributed by atoms with Gasteiger partial charge in [-0.05, 0) is 42.5 Å². The first-order valence-corrected chi connectivity index (χ1v) is 8.39. The Bertz CT molecular complexity index is 654. The second-order valence-corrected chi connectivity index (χ2v) is 6.02. The fraction of sp³-hybridized carbons (Fsp3) is 0.350. The third kappa shape index (κ3) is 3.88. The van der Waals surface area contributed by atoms with E-state index in [9.17, 15) is 4.79 Å². The van der Waals surface area contributed by atoms with Crippen LogP contribution in [-0.4, -0.2) is 24.6 Å². The highest BCUT2D eigenvalue weighted by atomic mass is 16.6. The van der Waals surface area contributed by atoms with Crippen LogP contribution >= 0.6 is 0 Å². The molecule has 2 aromatic carbocycles. The van der Waals surface area contributed by atoms with Crippen LogP contribution in [-0.2, 0) is 11.3 Å². The standard InChI is InChI=1S/C20H23NO3/c1-23-18-12-10-17(11-13-18)19-9-5-6-14-21(19)20(22)24-15-16-7-3-2-4-8-16/h2-4,7-8,10-13,19H,5-6,9,14-15H2,1H3/t19-/m1/s1. The Morgan fingerprint density at radius 3 is 2.54 bits per heavy atom. The van der Waals surface area contributed by atoms with Crippen LogP contribution in [0.4, 0.5) is 4.79 Å². The van der Waals surface area contributed by atoms with Crippen LogP contribution in [0.1, 0.15) is 36.4 Å². The quantitative estimate of drug-likeness (QED) is 0.827. The highest BCUT2D eigenvalue weighted by molar-refractivity contribution is 5.68. The highest BCUT2D eigenvalue weighted by Crippen LogP contribution is 2.32. The monoisotopic (exact) mass is 325 g/mol. The van der Waals surface area contributed by atoms with E-state index in [1.165, 1.54) is 0 Å². The van der Waals surface area contributed by atoms with Gasteiger partial charge in [0, 0.05) is 6.54 Å². The number of hydrogen-bond donors (Lipinski definition) is 0. The molecule has 0 spiro atoms. The van der Waals surface area contributed by atoms with E-state index in [1.807, 2.05) is 59.5 Å². The van der Waals surface area contributed by atoms with E-state index in [-0.39, 0.29) is 12.1 Å². The molecule has 4 heteroatoms. The normalized spacial score (nSPS) is 17.4. The molecular formula is C20H23NO3. The number of methoxy groups -OCH3 is 1. The molecule has 0 aromatic heterocycles. The van der Waals surface area contributed by atoms with E-state index in [0.717, 1.165) is 42.7 Å². The maximum Gasteiger partial charge on any atom is 0.410 e. The summed E-state index contributed by atoms with van der Waals surface area (Å²) in [6.07, 6.45) is 2.87. The molecule has 0 saturated carbocycles. The highest BCUT2D eigenvalue weighted by Gasteiger charge is 2.29. The van der Waals surface area contributed by atoms with Gasteiger partial charge in [0.05, 0.1) is 13.2 Å². The molecule has 1 saturated heterocycles.